The Morgan fingerprint density at radius 3 is 2.02 bits per heavy atom. The Labute approximate surface area is 280 Å². The Balaban J connectivity index is 1.37. The molecule has 8 nitrogen and oxygen atoms in total. The molecule has 0 radical (unpaired) electrons. The molecule has 50 heavy (non-hydrogen) atoms. The molecule has 3 aromatic carbocycles. The number of halogens is 6. The summed E-state index contributed by atoms with van der Waals surface area (Å²) in [5.74, 6) is -8.32. The van der Waals surface area contributed by atoms with Crippen LogP contribution < -0.4 is 14.5 Å². The Hall–Kier alpha value is -5.14. The average molecular weight is 699 g/mol. The summed E-state index contributed by atoms with van der Waals surface area (Å²) in [7, 11) is 1.35. The van der Waals surface area contributed by atoms with Crippen molar-refractivity contribution in [3.05, 3.63) is 95.1 Å². The number of rotatable bonds is 4. The first-order valence-corrected chi connectivity index (χ1v) is 15.7. The van der Waals surface area contributed by atoms with E-state index in [2.05, 4.69) is 0 Å². The monoisotopic (exact) mass is 698 g/mol. The molecule has 3 aromatic rings. The van der Waals surface area contributed by atoms with Crippen LogP contribution in [-0.4, -0.2) is 35.8 Å². The number of carbonyl (C=O) groups is 4. The van der Waals surface area contributed by atoms with E-state index in [4.69, 9.17) is 4.74 Å². The predicted molar refractivity (Wildman–Crippen MR) is 165 cm³/mol. The number of carbonyl (C=O) groups excluding carboxylic acids is 4. The van der Waals surface area contributed by atoms with Crippen molar-refractivity contribution in [2.45, 2.75) is 38.0 Å². The molecule has 1 N–H and O–H groups in total. The minimum Gasteiger partial charge on any atom is -0.508 e. The van der Waals surface area contributed by atoms with E-state index in [1.54, 1.807) is 43.3 Å². The third-order valence-electron chi connectivity index (χ3n) is 10.6. The molecule has 7 rings (SSSR count). The largest absolute Gasteiger partial charge is 0.508 e. The van der Waals surface area contributed by atoms with Crippen LogP contribution in [0.3, 0.4) is 0 Å². The maximum atomic E-state index is 14.5. The van der Waals surface area contributed by atoms with Crippen LogP contribution in [0.2, 0.25) is 0 Å². The number of hydrogen-bond acceptors (Lipinski definition) is 6. The van der Waals surface area contributed by atoms with Crippen LogP contribution >= 0.6 is 0 Å². The normalized spacial score (nSPS) is 28.0. The molecule has 0 aromatic heterocycles. The number of benzene rings is 3. The molecule has 2 aliphatic heterocycles. The van der Waals surface area contributed by atoms with Gasteiger partial charge < -0.3 is 9.84 Å². The number of phenolic OH excluding ortho intramolecular Hbond substituents is 1. The molecule has 2 heterocycles. The smallest absolute Gasteiger partial charge is 0.416 e. The molecule has 0 spiro atoms. The number of ether oxygens (including phenoxy) is 1. The zero-order valence-corrected chi connectivity index (χ0v) is 26.4. The zero-order chi connectivity index (χ0) is 36.1. The van der Waals surface area contributed by atoms with E-state index in [9.17, 15) is 50.6 Å². The molecule has 0 bridgehead atoms. The molecule has 1 saturated carbocycles. The van der Waals surface area contributed by atoms with Gasteiger partial charge in [-0.3, -0.25) is 19.2 Å². The molecular formula is C36H28F6N2O6. The van der Waals surface area contributed by atoms with Gasteiger partial charge in [0.2, 0.25) is 23.6 Å². The molecular weight excluding hydrogens is 670 g/mol. The summed E-state index contributed by atoms with van der Waals surface area (Å²) in [6.45, 7) is 1.64. The van der Waals surface area contributed by atoms with Crippen LogP contribution in [-0.2, 0) is 31.5 Å². The molecule has 3 fully saturated rings. The highest BCUT2D eigenvalue weighted by atomic mass is 19.4. The van der Waals surface area contributed by atoms with Gasteiger partial charge in [-0.15, -0.1) is 0 Å². The Bertz CT molecular complexity index is 1960. The average Bonchev–Trinajstić information content (AvgIpc) is 3.43. The molecule has 14 heteroatoms. The quantitative estimate of drug-likeness (QED) is 0.181. The lowest BCUT2D eigenvalue weighted by Crippen LogP contribution is -2.49. The van der Waals surface area contributed by atoms with Gasteiger partial charge in [0, 0.05) is 17.5 Å². The number of alkyl halides is 6. The van der Waals surface area contributed by atoms with Crippen molar-refractivity contribution >= 4 is 35.0 Å². The Kier molecular flexibility index (Phi) is 7.47. The van der Waals surface area contributed by atoms with Crippen molar-refractivity contribution in [1.29, 1.82) is 0 Å². The second kappa shape index (κ2) is 11.2. The number of allylic oxidation sites excluding steroid dienone is 2. The van der Waals surface area contributed by atoms with Crippen molar-refractivity contribution in [3.63, 3.8) is 0 Å². The number of imide groups is 2. The molecule has 6 atom stereocenters. The first-order chi connectivity index (χ1) is 23.5. The minimum absolute atomic E-state index is 0.0833. The highest BCUT2D eigenvalue weighted by molar-refractivity contribution is 6.25. The molecule has 2 saturated heterocycles. The lowest BCUT2D eigenvalue weighted by Gasteiger charge is -2.49. The third-order valence-corrected chi connectivity index (χ3v) is 10.6. The number of hydrogen-bond donors (Lipinski definition) is 1. The highest BCUT2D eigenvalue weighted by Gasteiger charge is 2.68. The van der Waals surface area contributed by atoms with Crippen LogP contribution in [0.4, 0.5) is 37.7 Å². The fraction of sp³-hybridized carbons (Fsp3) is 0.333. The van der Waals surface area contributed by atoms with E-state index in [0.29, 0.717) is 33.9 Å². The second-order valence-electron chi connectivity index (χ2n) is 13.2. The lowest BCUT2D eigenvalue weighted by atomic mass is 9.51. The first kappa shape index (κ1) is 33.4. The minimum atomic E-state index is -5.21. The second-order valence-corrected chi connectivity index (χ2v) is 13.2. The number of methoxy groups -OCH3 is 1. The van der Waals surface area contributed by atoms with Gasteiger partial charge in [0.1, 0.15) is 11.5 Å². The van der Waals surface area contributed by atoms with Crippen molar-refractivity contribution in [3.8, 4) is 11.5 Å². The van der Waals surface area contributed by atoms with Crippen LogP contribution in [0, 0.1) is 29.1 Å². The van der Waals surface area contributed by atoms with Gasteiger partial charge in [0.25, 0.3) is 0 Å². The van der Waals surface area contributed by atoms with Crippen molar-refractivity contribution in [1.82, 2.24) is 0 Å². The zero-order valence-electron chi connectivity index (χ0n) is 26.4. The van der Waals surface area contributed by atoms with Crippen LogP contribution in [0.1, 0.15) is 42.4 Å². The summed E-state index contributed by atoms with van der Waals surface area (Å²) in [5, 5.41) is 10.2. The van der Waals surface area contributed by atoms with Crippen molar-refractivity contribution < 1.29 is 55.4 Å². The lowest BCUT2D eigenvalue weighted by molar-refractivity contribution is -0.143. The Morgan fingerprint density at radius 1 is 0.780 bits per heavy atom. The van der Waals surface area contributed by atoms with Gasteiger partial charge in [-0.1, -0.05) is 35.9 Å². The summed E-state index contributed by atoms with van der Waals surface area (Å²) in [4.78, 5) is 58.2. The molecule has 2 aliphatic carbocycles. The standard InChI is InChI=1S/C36H28F6N2O6/c1-34-26(31(47)44(33(34)49)19-6-4-3-5-7-19)16-25-22(29(34)23-9-8-21(45)15-27(23)50-2)10-11-24-28(25)32(48)43(30(24)46)20-13-17(35(37,38)39)12-18(14-20)36(40,41)42/h3-10,12-15,24-26,28-29,45H,11,16H2,1-2H3. The third kappa shape index (κ3) is 4.82. The van der Waals surface area contributed by atoms with E-state index in [1.165, 1.54) is 25.3 Å². The summed E-state index contributed by atoms with van der Waals surface area (Å²) in [6.07, 6.45) is -8.96. The van der Waals surface area contributed by atoms with E-state index < -0.39 is 87.8 Å². The molecule has 6 unspecified atom stereocenters. The number of para-hydroxylation sites is 1. The van der Waals surface area contributed by atoms with E-state index in [0.717, 1.165) is 4.90 Å². The van der Waals surface area contributed by atoms with Crippen molar-refractivity contribution in [2.75, 3.05) is 16.9 Å². The highest BCUT2D eigenvalue weighted by Crippen LogP contribution is 2.64. The van der Waals surface area contributed by atoms with Crippen LogP contribution in [0.25, 0.3) is 0 Å². The summed E-state index contributed by atoms with van der Waals surface area (Å²) in [6, 6.07) is 13.1. The topological polar surface area (TPSA) is 104 Å². The van der Waals surface area contributed by atoms with E-state index in [1.807, 2.05) is 0 Å². The summed E-state index contributed by atoms with van der Waals surface area (Å²) < 4.78 is 88.1. The van der Waals surface area contributed by atoms with Crippen molar-refractivity contribution in [2.24, 2.45) is 29.1 Å². The van der Waals surface area contributed by atoms with Gasteiger partial charge in [-0.05, 0) is 62.1 Å². The van der Waals surface area contributed by atoms with Crippen LogP contribution in [0.15, 0.2) is 78.4 Å². The fourth-order valence-corrected chi connectivity index (χ4v) is 8.44. The summed E-state index contributed by atoms with van der Waals surface area (Å²) in [5.41, 5.74) is -4.45. The summed E-state index contributed by atoms with van der Waals surface area (Å²) >= 11 is 0. The van der Waals surface area contributed by atoms with Gasteiger partial charge in [0.15, 0.2) is 0 Å². The maximum absolute atomic E-state index is 14.5. The van der Waals surface area contributed by atoms with Gasteiger partial charge in [-0.2, -0.15) is 26.3 Å². The predicted octanol–water partition coefficient (Wildman–Crippen LogP) is 6.87. The number of nitrogens with zero attached hydrogens (tertiary/aromatic N) is 2. The fourth-order valence-electron chi connectivity index (χ4n) is 8.44. The van der Waals surface area contributed by atoms with E-state index in [-0.39, 0.29) is 30.4 Å². The van der Waals surface area contributed by atoms with Gasteiger partial charge in [0.05, 0.1) is 52.8 Å². The number of phenols is 1. The number of anilines is 2. The number of fused-ring (bicyclic) bond motifs is 4. The first-order valence-electron chi connectivity index (χ1n) is 15.7. The number of aromatic hydroxyl groups is 1. The molecule has 4 amide bonds. The van der Waals surface area contributed by atoms with Gasteiger partial charge >= 0.3 is 12.4 Å². The van der Waals surface area contributed by atoms with Crippen LogP contribution in [0.5, 0.6) is 11.5 Å². The SMILES string of the molecule is COc1cc(O)ccc1C1C2=CCC3C(=O)N(c4cc(C(F)(F)F)cc(C(F)(F)F)c4)C(=O)C3C2CC2C(=O)N(c3ccccc3)C(=O)C21C. The van der Waals surface area contributed by atoms with E-state index >= 15 is 0 Å². The Morgan fingerprint density at radius 2 is 1.42 bits per heavy atom. The number of amides is 4. The maximum Gasteiger partial charge on any atom is 0.416 e. The molecule has 4 aliphatic rings. The molecule has 260 valence electrons. The van der Waals surface area contributed by atoms with Gasteiger partial charge in [-0.25, -0.2) is 9.80 Å².